The van der Waals surface area contributed by atoms with Crippen LogP contribution >= 0.6 is 0 Å². The van der Waals surface area contributed by atoms with Crippen molar-refractivity contribution in [1.82, 2.24) is 25.4 Å². The van der Waals surface area contributed by atoms with Crippen molar-refractivity contribution < 1.29 is 9.90 Å². The minimum absolute atomic E-state index is 0.0967. The van der Waals surface area contributed by atoms with Crippen molar-refractivity contribution in [3.63, 3.8) is 0 Å². The van der Waals surface area contributed by atoms with Gasteiger partial charge < -0.3 is 20.3 Å². The highest BCUT2D eigenvalue weighted by molar-refractivity contribution is 5.91. The fourth-order valence-corrected chi connectivity index (χ4v) is 4.44. The van der Waals surface area contributed by atoms with Crippen LogP contribution in [-0.4, -0.2) is 51.0 Å². The van der Waals surface area contributed by atoms with Gasteiger partial charge in [-0.2, -0.15) is 0 Å². The van der Waals surface area contributed by atoms with E-state index < -0.39 is 0 Å². The molecule has 7 heteroatoms. The molecule has 3 N–H and O–H groups in total. The molecule has 1 saturated carbocycles. The van der Waals surface area contributed by atoms with Crippen LogP contribution in [0.15, 0.2) is 0 Å². The standard InChI is InChI=1S/C17H27N5O2/c23-13-9-12(10-13)15(11-4-6-18-7-5-11)19-17(24)16-21-20-14-3-1-2-8-22(14)16/h11-13,15,18,23H,1-10H2,(H,19,24)/t12?,13?,15-/m1/s1. The van der Waals surface area contributed by atoms with Crippen molar-refractivity contribution in [2.24, 2.45) is 11.8 Å². The molecule has 2 aliphatic heterocycles. The molecule has 132 valence electrons. The molecule has 3 heterocycles. The predicted molar refractivity (Wildman–Crippen MR) is 88.5 cm³/mol. The molecule has 7 nitrogen and oxygen atoms in total. The van der Waals surface area contributed by atoms with Gasteiger partial charge in [-0.1, -0.05) is 0 Å². The number of nitrogens with zero attached hydrogens (tertiary/aromatic N) is 3. The normalized spacial score (nSPS) is 28.7. The molecule has 1 aromatic heterocycles. The van der Waals surface area contributed by atoms with E-state index in [-0.39, 0.29) is 18.1 Å². The summed E-state index contributed by atoms with van der Waals surface area (Å²) in [6.07, 6.45) is 6.67. The zero-order valence-electron chi connectivity index (χ0n) is 14.1. The molecule has 0 aromatic carbocycles. The zero-order chi connectivity index (χ0) is 16.5. The van der Waals surface area contributed by atoms with Crippen LogP contribution < -0.4 is 10.6 Å². The number of nitrogens with one attached hydrogen (secondary N) is 2. The van der Waals surface area contributed by atoms with Gasteiger partial charge >= 0.3 is 0 Å². The minimum atomic E-state index is -0.197. The third-order valence-electron chi connectivity index (χ3n) is 5.91. The minimum Gasteiger partial charge on any atom is -0.393 e. The molecule has 0 spiro atoms. The third kappa shape index (κ3) is 3.07. The molecule has 24 heavy (non-hydrogen) atoms. The van der Waals surface area contributed by atoms with E-state index in [0.717, 1.165) is 70.4 Å². The SMILES string of the molecule is O=C(N[C@H](C1CCNCC1)C1CC(O)C1)c1nnc2n1CCCC2. The second-order valence-electron chi connectivity index (χ2n) is 7.52. The van der Waals surface area contributed by atoms with E-state index in [2.05, 4.69) is 20.8 Å². The highest BCUT2D eigenvalue weighted by Crippen LogP contribution is 2.36. The highest BCUT2D eigenvalue weighted by Gasteiger charge is 2.39. The fourth-order valence-electron chi connectivity index (χ4n) is 4.44. The number of aromatic nitrogens is 3. The van der Waals surface area contributed by atoms with E-state index in [1.165, 1.54) is 0 Å². The van der Waals surface area contributed by atoms with Gasteiger partial charge in [0.1, 0.15) is 5.82 Å². The van der Waals surface area contributed by atoms with E-state index in [4.69, 9.17) is 0 Å². The van der Waals surface area contributed by atoms with Crippen LogP contribution in [0.1, 0.15) is 55.0 Å². The molecular weight excluding hydrogens is 306 g/mol. The number of aliphatic hydroxyl groups excluding tert-OH is 1. The highest BCUT2D eigenvalue weighted by atomic mass is 16.3. The van der Waals surface area contributed by atoms with E-state index >= 15 is 0 Å². The lowest BCUT2D eigenvalue weighted by molar-refractivity contribution is 0.00900. The first-order valence-electron chi connectivity index (χ1n) is 9.34. The predicted octanol–water partition coefficient (Wildman–Crippen LogP) is 0.483. The number of piperidine rings is 1. The maximum Gasteiger partial charge on any atom is 0.289 e. The van der Waals surface area contributed by atoms with Crippen LogP contribution in [0.4, 0.5) is 0 Å². The molecule has 0 unspecified atom stereocenters. The van der Waals surface area contributed by atoms with Crippen molar-refractivity contribution in [2.45, 2.75) is 63.6 Å². The van der Waals surface area contributed by atoms with Crippen molar-refractivity contribution in [3.05, 3.63) is 11.6 Å². The quantitative estimate of drug-likeness (QED) is 0.745. The number of rotatable bonds is 4. The monoisotopic (exact) mass is 333 g/mol. The number of carbonyl (C=O) groups is 1. The second-order valence-corrected chi connectivity index (χ2v) is 7.52. The average Bonchev–Trinajstić information content (AvgIpc) is 3.02. The lowest BCUT2D eigenvalue weighted by Gasteiger charge is -2.43. The number of aryl methyl sites for hydroxylation is 1. The molecule has 1 aliphatic carbocycles. The number of hydrogen-bond acceptors (Lipinski definition) is 5. The molecule has 2 fully saturated rings. The van der Waals surface area contributed by atoms with Crippen molar-refractivity contribution in [3.8, 4) is 0 Å². The van der Waals surface area contributed by atoms with E-state index in [9.17, 15) is 9.90 Å². The van der Waals surface area contributed by atoms with Crippen LogP contribution in [0.3, 0.4) is 0 Å². The van der Waals surface area contributed by atoms with Gasteiger partial charge in [0.15, 0.2) is 0 Å². The van der Waals surface area contributed by atoms with Gasteiger partial charge in [0.2, 0.25) is 5.82 Å². The third-order valence-corrected chi connectivity index (χ3v) is 5.91. The second kappa shape index (κ2) is 6.80. The Labute approximate surface area is 142 Å². The van der Waals surface area contributed by atoms with Crippen LogP contribution in [0.5, 0.6) is 0 Å². The number of amides is 1. The van der Waals surface area contributed by atoms with Gasteiger partial charge in [-0.3, -0.25) is 4.79 Å². The molecule has 4 rings (SSSR count). The molecule has 0 radical (unpaired) electrons. The van der Waals surface area contributed by atoms with Gasteiger partial charge in [0.25, 0.3) is 5.91 Å². The molecule has 3 aliphatic rings. The van der Waals surface area contributed by atoms with Gasteiger partial charge in [0, 0.05) is 19.0 Å². The Morgan fingerprint density at radius 1 is 1.21 bits per heavy atom. The molecule has 1 saturated heterocycles. The molecule has 1 atom stereocenters. The van der Waals surface area contributed by atoms with Crippen molar-refractivity contribution in [1.29, 1.82) is 0 Å². The maximum absolute atomic E-state index is 12.8. The molecule has 1 amide bonds. The summed E-state index contributed by atoms with van der Waals surface area (Å²) in [5.41, 5.74) is 0. The van der Waals surface area contributed by atoms with Crippen molar-refractivity contribution >= 4 is 5.91 Å². The lowest BCUT2D eigenvalue weighted by Crippen LogP contribution is -2.53. The number of fused-ring (bicyclic) bond motifs is 1. The summed E-state index contributed by atoms with van der Waals surface area (Å²) < 4.78 is 1.98. The first kappa shape index (κ1) is 16.0. The van der Waals surface area contributed by atoms with Gasteiger partial charge in [-0.05, 0) is 63.5 Å². The molecular formula is C17H27N5O2. The summed E-state index contributed by atoms with van der Waals surface area (Å²) in [6, 6.07) is 0.138. The van der Waals surface area contributed by atoms with E-state index in [1.807, 2.05) is 4.57 Å². The smallest absolute Gasteiger partial charge is 0.289 e. The van der Waals surface area contributed by atoms with Gasteiger partial charge in [-0.15, -0.1) is 10.2 Å². The Kier molecular flexibility index (Phi) is 4.54. The van der Waals surface area contributed by atoms with Gasteiger partial charge in [0.05, 0.1) is 6.10 Å². The lowest BCUT2D eigenvalue weighted by atomic mass is 9.71. The average molecular weight is 333 g/mol. The Morgan fingerprint density at radius 2 is 2.00 bits per heavy atom. The number of aliphatic hydroxyl groups is 1. The van der Waals surface area contributed by atoms with Crippen LogP contribution in [0.2, 0.25) is 0 Å². The Bertz CT molecular complexity index is 590. The summed E-state index contributed by atoms with van der Waals surface area (Å²) >= 11 is 0. The molecule has 0 bridgehead atoms. The first-order valence-corrected chi connectivity index (χ1v) is 9.34. The zero-order valence-corrected chi connectivity index (χ0v) is 14.1. The van der Waals surface area contributed by atoms with Crippen LogP contribution in [0.25, 0.3) is 0 Å². The van der Waals surface area contributed by atoms with Crippen LogP contribution in [0, 0.1) is 11.8 Å². The fraction of sp³-hybridized carbons (Fsp3) is 0.824. The first-order chi connectivity index (χ1) is 11.7. The maximum atomic E-state index is 12.8. The number of carbonyl (C=O) groups excluding carboxylic acids is 1. The van der Waals surface area contributed by atoms with Crippen LogP contribution in [-0.2, 0) is 13.0 Å². The Morgan fingerprint density at radius 3 is 2.75 bits per heavy atom. The molecule has 1 aromatic rings. The Hall–Kier alpha value is -1.47. The summed E-state index contributed by atoms with van der Waals surface area (Å²) in [4.78, 5) is 12.8. The topological polar surface area (TPSA) is 92.1 Å². The Balaban J connectivity index is 1.49. The summed E-state index contributed by atoms with van der Waals surface area (Å²) in [7, 11) is 0. The van der Waals surface area contributed by atoms with E-state index in [1.54, 1.807) is 0 Å². The summed E-state index contributed by atoms with van der Waals surface area (Å²) in [5.74, 6) is 2.17. The van der Waals surface area contributed by atoms with Crippen molar-refractivity contribution in [2.75, 3.05) is 13.1 Å². The van der Waals surface area contributed by atoms with E-state index in [0.29, 0.717) is 17.7 Å². The van der Waals surface area contributed by atoms with Gasteiger partial charge in [-0.25, -0.2) is 0 Å². The number of hydrogen-bond donors (Lipinski definition) is 3. The summed E-state index contributed by atoms with van der Waals surface area (Å²) in [6.45, 7) is 2.85. The summed E-state index contributed by atoms with van der Waals surface area (Å²) in [5, 5.41) is 24.7. The largest absolute Gasteiger partial charge is 0.393 e.